The van der Waals surface area contributed by atoms with Crippen LogP contribution in [0.5, 0.6) is 0 Å². The number of primary sulfonamides is 1. The first-order chi connectivity index (χ1) is 20.3. The molecule has 14 nitrogen and oxygen atoms in total. The number of hydrogen-bond acceptors (Lipinski definition) is 7. The first-order valence-electron chi connectivity index (χ1n) is 13.4. The van der Waals surface area contributed by atoms with Gasteiger partial charge in [-0.2, -0.15) is 0 Å². The minimum atomic E-state index is -3.81. The van der Waals surface area contributed by atoms with Crippen LogP contribution in [0.1, 0.15) is 44.6 Å². The number of nitrogens with one attached hydrogen (secondary N) is 5. The number of aryl methyl sites for hydroxylation is 1. The molecule has 0 saturated heterocycles. The molecular formula is C27H36N6O8S2. The Labute approximate surface area is 254 Å². The van der Waals surface area contributed by atoms with E-state index in [1.807, 2.05) is 19.1 Å². The number of thiocarbonyl (C=S) groups is 1. The molecule has 2 rings (SSSR count). The molecule has 2 aromatic rings. The quantitative estimate of drug-likeness (QED) is 0.0981. The highest BCUT2D eigenvalue weighted by Gasteiger charge is 2.25. The predicted molar refractivity (Wildman–Crippen MR) is 164 cm³/mol. The van der Waals surface area contributed by atoms with Crippen molar-refractivity contribution in [1.82, 2.24) is 16.0 Å². The number of unbranched alkanes of at least 4 members (excludes halogenated alkanes) is 1. The van der Waals surface area contributed by atoms with Gasteiger partial charge in [-0.3, -0.25) is 9.59 Å². The highest BCUT2D eigenvalue weighted by molar-refractivity contribution is 7.89. The van der Waals surface area contributed by atoms with Gasteiger partial charge in [0.05, 0.1) is 4.90 Å². The normalized spacial score (nSPS) is 12.3. The zero-order valence-corrected chi connectivity index (χ0v) is 25.1. The maximum Gasteiger partial charge on any atom is 0.326 e. The van der Waals surface area contributed by atoms with Crippen molar-refractivity contribution < 1.29 is 37.8 Å². The molecule has 0 aromatic heterocycles. The molecule has 2 unspecified atom stereocenters. The molecule has 0 fully saturated rings. The molecular weight excluding hydrogens is 600 g/mol. The highest BCUT2D eigenvalue weighted by Crippen LogP contribution is 2.13. The minimum absolute atomic E-state index is 0.0381. The predicted octanol–water partition coefficient (Wildman–Crippen LogP) is 1.98. The Bertz CT molecular complexity index is 1390. The van der Waals surface area contributed by atoms with Crippen LogP contribution in [0.15, 0.2) is 53.4 Å². The summed E-state index contributed by atoms with van der Waals surface area (Å²) in [6, 6.07) is 9.32. The molecule has 3 amide bonds. The molecule has 9 N–H and O–H groups in total. The van der Waals surface area contributed by atoms with Crippen molar-refractivity contribution in [2.45, 2.75) is 62.4 Å². The molecule has 0 aliphatic rings. The summed E-state index contributed by atoms with van der Waals surface area (Å²) in [6.07, 6.45) is 1.20. The smallest absolute Gasteiger partial charge is 0.326 e. The second kappa shape index (κ2) is 17.0. The standard InChI is InChI=1S/C27H36N6O8S2/c1-2-17-6-8-18(9-7-17)30-24(36)21(14-15-23(34)35)32-26(39)33-22(25(37)38)5-3-4-16-29-27(42)31-19-10-12-20(13-11-19)43(28,40)41/h6-13,21-22H,2-5,14-16H2,1H3,(H,30,36)(H,34,35)(H,37,38)(H2,28,40,41)(H2,29,31,42)(H2,32,33,39). The number of carbonyl (C=O) groups excluding carboxylic acids is 2. The third-order valence-electron chi connectivity index (χ3n) is 6.15. The third-order valence-corrected chi connectivity index (χ3v) is 7.32. The van der Waals surface area contributed by atoms with E-state index in [2.05, 4.69) is 26.6 Å². The Morgan fingerprint density at radius 2 is 1.44 bits per heavy atom. The van der Waals surface area contributed by atoms with Crippen molar-refractivity contribution in [3.05, 3.63) is 54.1 Å². The van der Waals surface area contributed by atoms with Crippen LogP contribution in [0.25, 0.3) is 0 Å². The Hall–Kier alpha value is -4.28. The van der Waals surface area contributed by atoms with Crippen LogP contribution in [-0.4, -0.2) is 66.2 Å². The van der Waals surface area contributed by atoms with Crippen molar-refractivity contribution in [2.24, 2.45) is 5.14 Å². The summed E-state index contributed by atoms with van der Waals surface area (Å²) < 4.78 is 22.7. The number of carbonyl (C=O) groups is 4. The summed E-state index contributed by atoms with van der Waals surface area (Å²) >= 11 is 5.20. The maximum absolute atomic E-state index is 12.8. The van der Waals surface area contributed by atoms with E-state index in [1.165, 1.54) is 24.3 Å². The van der Waals surface area contributed by atoms with Crippen LogP contribution in [0.4, 0.5) is 16.2 Å². The number of carboxylic acids is 2. The van der Waals surface area contributed by atoms with Gasteiger partial charge in [0.15, 0.2) is 5.11 Å². The lowest BCUT2D eigenvalue weighted by molar-refractivity contribution is -0.139. The van der Waals surface area contributed by atoms with Crippen molar-refractivity contribution in [3.63, 3.8) is 0 Å². The Balaban J connectivity index is 1.82. The lowest BCUT2D eigenvalue weighted by atomic mass is 10.1. The van der Waals surface area contributed by atoms with E-state index < -0.39 is 46.0 Å². The monoisotopic (exact) mass is 636 g/mol. The molecule has 0 saturated carbocycles. The van der Waals surface area contributed by atoms with Crippen molar-refractivity contribution in [1.29, 1.82) is 0 Å². The Morgan fingerprint density at radius 1 is 0.860 bits per heavy atom. The summed E-state index contributed by atoms with van der Waals surface area (Å²) in [7, 11) is -3.81. The number of rotatable bonds is 16. The van der Waals surface area contributed by atoms with Crippen LogP contribution < -0.4 is 31.7 Å². The molecule has 16 heteroatoms. The topological polar surface area (TPSA) is 229 Å². The molecule has 2 atom stereocenters. The average molecular weight is 637 g/mol. The van der Waals surface area contributed by atoms with Gasteiger partial charge >= 0.3 is 18.0 Å². The molecule has 0 heterocycles. The summed E-state index contributed by atoms with van der Waals surface area (Å²) in [5, 5.41) is 37.1. The zero-order valence-electron chi connectivity index (χ0n) is 23.5. The fourth-order valence-corrected chi connectivity index (χ4v) is 4.52. The molecule has 0 aliphatic heterocycles. The second-order valence-electron chi connectivity index (χ2n) is 9.48. The number of amides is 3. The summed E-state index contributed by atoms with van der Waals surface area (Å²) in [6.45, 7) is 2.37. The lowest BCUT2D eigenvalue weighted by Gasteiger charge is -2.20. The van der Waals surface area contributed by atoms with E-state index in [-0.39, 0.29) is 29.3 Å². The minimum Gasteiger partial charge on any atom is -0.481 e. The van der Waals surface area contributed by atoms with Crippen LogP contribution in [0, 0.1) is 0 Å². The van der Waals surface area contributed by atoms with Gasteiger partial charge < -0.3 is 36.8 Å². The summed E-state index contributed by atoms with van der Waals surface area (Å²) in [5.41, 5.74) is 2.06. The van der Waals surface area contributed by atoms with Crippen LogP contribution >= 0.6 is 12.2 Å². The van der Waals surface area contributed by atoms with Gasteiger partial charge in [-0.1, -0.05) is 19.1 Å². The third kappa shape index (κ3) is 13.1. The van der Waals surface area contributed by atoms with Crippen LogP contribution in [0.3, 0.4) is 0 Å². The lowest BCUT2D eigenvalue weighted by Crippen LogP contribution is -2.52. The molecule has 0 spiro atoms. The second-order valence-corrected chi connectivity index (χ2v) is 11.4. The van der Waals surface area contributed by atoms with E-state index in [4.69, 9.17) is 22.5 Å². The molecule has 0 bridgehead atoms. The largest absolute Gasteiger partial charge is 0.481 e. The summed E-state index contributed by atoms with van der Waals surface area (Å²) in [4.78, 5) is 48.2. The molecule has 2 aromatic carbocycles. The summed E-state index contributed by atoms with van der Waals surface area (Å²) in [5.74, 6) is -3.06. The molecule has 0 aliphatic carbocycles. The number of urea groups is 1. The van der Waals surface area contributed by atoms with Crippen LogP contribution in [0.2, 0.25) is 0 Å². The number of aliphatic carboxylic acids is 2. The first kappa shape index (κ1) is 34.9. The number of benzene rings is 2. The number of hydrogen-bond donors (Lipinski definition) is 8. The van der Waals surface area contributed by atoms with Crippen molar-refractivity contribution >= 4 is 62.6 Å². The fraction of sp³-hybridized carbons (Fsp3) is 0.370. The fourth-order valence-electron chi connectivity index (χ4n) is 3.78. The van der Waals surface area contributed by atoms with Gasteiger partial charge in [-0.05, 0) is 86.3 Å². The molecule has 234 valence electrons. The number of anilines is 2. The number of nitrogens with two attached hydrogens (primary N) is 1. The van der Waals surface area contributed by atoms with E-state index in [0.717, 1.165) is 12.0 Å². The first-order valence-corrected chi connectivity index (χ1v) is 15.3. The highest BCUT2D eigenvalue weighted by atomic mass is 32.2. The van der Waals surface area contributed by atoms with E-state index in [1.54, 1.807) is 12.1 Å². The zero-order chi connectivity index (χ0) is 32.0. The van der Waals surface area contributed by atoms with E-state index >= 15 is 0 Å². The van der Waals surface area contributed by atoms with Gasteiger partial charge in [-0.25, -0.2) is 23.1 Å². The van der Waals surface area contributed by atoms with Gasteiger partial charge in [0.1, 0.15) is 12.1 Å². The van der Waals surface area contributed by atoms with Gasteiger partial charge in [0.25, 0.3) is 0 Å². The van der Waals surface area contributed by atoms with Gasteiger partial charge in [0.2, 0.25) is 15.9 Å². The van der Waals surface area contributed by atoms with E-state index in [0.29, 0.717) is 30.8 Å². The maximum atomic E-state index is 12.8. The Morgan fingerprint density at radius 3 is 2.00 bits per heavy atom. The SMILES string of the molecule is CCc1ccc(NC(=O)C(CCC(=O)O)NC(=O)NC(CCCCNC(=S)Nc2ccc(S(N)(=O)=O)cc2)C(=O)O)cc1. The molecule has 43 heavy (non-hydrogen) atoms. The number of sulfonamides is 1. The Kier molecular flexibility index (Phi) is 13.8. The van der Waals surface area contributed by atoms with Crippen molar-refractivity contribution in [3.8, 4) is 0 Å². The van der Waals surface area contributed by atoms with Crippen LogP contribution in [-0.2, 0) is 30.8 Å². The van der Waals surface area contributed by atoms with Gasteiger partial charge in [0, 0.05) is 24.3 Å². The number of carboxylic acid groups (broad SMARTS) is 2. The van der Waals surface area contributed by atoms with E-state index in [9.17, 15) is 32.7 Å². The average Bonchev–Trinajstić information content (AvgIpc) is 2.94. The van der Waals surface area contributed by atoms with Crippen molar-refractivity contribution in [2.75, 3.05) is 17.2 Å². The van der Waals surface area contributed by atoms with Gasteiger partial charge in [-0.15, -0.1) is 0 Å². The molecule has 0 radical (unpaired) electrons.